The first-order valence-corrected chi connectivity index (χ1v) is 12.3. The van der Waals surface area contributed by atoms with Gasteiger partial charge in [0.15, 0.2) is 5.82 Å². The van der Waals surface area contributed by atoms with Gasteiger partial charge in [-0.15, -0.1) is 5.10 Å². The number of nitrogens with zero attached hydrogens (tertiary/aromatic N) is 6. The first kappa shape index (κ1) is 22.3. The molecule has 8 heteroatoms. The van der Waals surface area contributed by atoms with Gasteiger partial charge in [-0.1, -0.05) is 62.9 Å². The van der Waals surface area contributed by atoms with Gasteiger partial charge < -0.3 is 0 Å². The highest BCUT2D eigenvalue weighted by Gasteiger charge is 2.18. The molecule has 3 heterocycles. The highest BCUT2D eigenvalue weighted by atomic mass is 16.1. The topological polar surface area (TPSA) is 94.3 Å². The smallest absolute Gasteiger partial charge is 0.299 e. The van der Waals surface area contributed by atoms with Gasteiger partial charge in [0.25, 0.3) is 0 Å². The van der Waals surface area contributed by atoms with E-state index in [0.717, 1.165) is 47.5 Å². The third-order valence-electron chi connectivity index (χ3n) is 6.78. The summed E-state index contributed by atoms with van der Waals surface area (Å²) < 4.78 is 3.88. The lowest BCUT2D eigenvalue weighted by atomic mass is 9.89. The molecular formula is C26H31N7O. The predicted octanol–water partition coefficient (Wildman–Crippen LogP) is 4.47. The zero-order valence-corrected chi connectivity index (χ0v) is 19.7. The monoisotopic (exact) mass is 457 g/mol. The van der Waals surface area contributed by atoms with E-state index in [1.807, 2.05) is 45.7 Å². The second-order valence-electron chi connectivity index (χ2n) is 9.24. The molecule has 34 heavy (non-hydrogen) atoms. The molecule has 4 aromatic rings. The summed E-state index contributed by atoms with van der Waals surface area (Å²) in [6.07, 6.45) is 12.2. The predicted molar refractivity (Wildman–Crippen MR) is 131 cm³/mol. The Morgan fingerprint density at radius 2 is 1.88 bits per heavy atom. The van der Waals surface area contributed by atoms with Crippen LogP contribution in [0.2, 0.25) is 0 Å². The second-order valence-corrected chi connectivity index (χ2v) is 9.24. The molecule has 1 saturated carbocycles. The Kier molecular flexibility index (Phi) is 6.65. The minimum atomic E-state index is 0.0984. The largest absolute Gasteiger partial charge is 0.328 e. The standard InChI is InChI=1S/C26H31N7O/c1-2-8-21-18-32(16-19-9-4-3-5-10-19)26(34)33(21)17-20-13-14-24(27-15-20)22-11-6-7-12-23(22)25-28-30-31-29-25/h6-7,11-15,18-19H,2-5,8-10,16-17H2,1H3,(H,28,29,30,31). The van der Waals surface area contributed by atoms with E-state index in [4.69, 9.17) is 4.98 Å². The highest BCUT2D eigenvalue weighted by molar-refractivity contribution is 5.78. The van der Waals surface area contributed by atoms with Crippen LogP contribution in [-0.4, -0.2) is 34.7 Å². The number of aryl methyl sites for hydroxylation is 1. The van der Waals surface area contributed by atoms with E-state index in [9.17, 15) is 4.79 Å². The Bertz CT molecular complexity index is 1270. The van der Waals surface area contributed by atoms with Crippen molar-refractivity contribution in [2.45, 2.75) is 65.0 Å². The van der Waals surface area contributed by atoms with Crippen LogP contribution in [0.25, 0.3) is 22.6 Å². The molecule has 0 atom stereocenters. The fraction of sp³-hybridized carbons (Fsp3) is 0.423. The van der Waals surface area contributed by atoms with Gasteiger partial charge in [-0.3, -0.25) is 14.1 Å². The summed E-state index contributed by atoms with van der Waals surface area (Å²) in [5, 5.41) is 14.2. The molecule has 0 amide bonds. The zero-order chi connectivity index (χ0) is 23.3. The molecule has 8 nitrogen and oxygen atoms in total. The van der Waals surface area contributed by atoms with Gasteiger partial charge in [0.05, 0.1) is 12.2 Å². The molecule has 5 rings (SSSR count). The number of aromatic nitrogens is 7. The minimum Gasteiger partial charge on any atom is -0.299 e. The van der Waals surface area contributed by atoms with Crippen LogP contribution in [0, 0.1) is 5.92 Å². The summed E-state index contributed by atoms with van der Waals surface area (Å²) in [5.41, 5.74) is 4.91. The number of nitrogens with one attached hydrogen (secondary N) is 1. The number of rotatable bonds is 8. The van der Waals surface area contributed by atoms with Crippen LogP contribution in [0.4, 0.5) is 0 Å². The molecule has 1 fully saturated rings. The second kappa shape index (κ2) is 10.2. The van der Waals surface area contributed by atoms with Crippen LogP contribution < -0.4 is 5.69 Å². The summed E-state index contributed by atoms with van der Waals surface area (Å²) in [6.45, 7) is 3.53. The maximum atomic E-state index is 13.3. The SMILES string of the molecule is CCCc1cn(CC2CCCCC2)c(=O)n1Cc1ccc(-c2ccccc2-c2nnn[nH]2)nc1. The molecule has 1 aromatic carbocycles. The quantitative estimate of drug-likeness (QED) is 0.421. The fourth-order valence-electron chi connectivity index (χ4n) is 5.03. The number of tetrazole rings is 1. The number of hydrogen-bond donors (Lipinski definition) is 1. The molecule has 0 unspecified atom stereocenters. The molecule has 0 saturated heterocycles. The maximum absolute atomic E-state index is 13.3. The van der Waals surface area contributed by atoms with Crippen molar-refractivity contribution in [2.75, 3.05) is 0 Å². The molecule has 176 valence electrons. The van der Waals surface area contributed by atoms with Crippen molar-refractivity contribution < 1.29 is 0 Å². The van der Waals surface area contributed by atoms with E-state index in [-0.39, 0.29) is 5.69 Å². The number of hydrogen-bond acceptors (Lipinski definition) is 5. The molecule has 0 radical (unpaired) electrons. The van der Waals surface area contributed by atoms with E-state index < -0.39 is 0 Å². The lowest BCUT2D eigenvalue weighted by Gasteiger charge is -2.21. The molecule has 0 aliphatic heterocycles. The minimum absolute atomic E-state index is 0.0984. The Labute approximate surface area is 199 Å². The van der Waals surface area contributed by atoms with Gasteiger partial charge in [0, 0.05) is 35.8 Å². The number of imidazole rings is 1. The Balaban J connectivity index is 1.39. The maximum Gasteiger partial charge on any atom is 0.328 e. The molecule has 0 bridgehead atoms. The van der Waals surface area contributed by atoms with Gasteiger partial charge in [-0.05, 0) is 47.2 Å². The van der Waals surface area contributed by atoms with Crippen molar-refractivity contribution in [3.05, 3.63) is 70.5 Å². The molecular weight excluding hydrogens is 426 g/mol. The van der Waals surface area contributed by atoms with Crippen LogP contribution >= 0.6 is 0 Å². The highest BCUT2D eigenvalue weighted by Crippen LogP contribution is 2.28. The lowest BCUT2D eigenvalue weighted by Crippen LogP contribution is -2.28. The Morgan fingerprint density at radius 3 is 2.59 bits per heavy atom. The van der Waals surface area contributed by atoms with Gasteiger partial charge in [-0.2, -0.15) is 0 Å². The summed E-state index contributed by atoms with van der Waals surface area (Å²) in [4.78, 5) is 18.0. The number of benzene rings is 1. The van der Waals surface area contributed by atoms with Crippen molar-refractivity contribution in [1.29, 1.82) is 0 Å². The third-order valence-corrected chi connectivity index (χ3v) is 6.78. The van der Waals surface area contributed by atoms with Gasteiger partial charge >= 0.3 is 5.69 Å². The van der Waals surface area contributed by atoms with E-state index >= 15 is 0 Å². The average molecular weight is 458 g/mol. The summed E-state index contributed by atoms with van der Waals surface area (Å²) >= 11 is 0. The number of aromatic amines is 1. The molecule has 1 aliphatic rings. The van der Waals surface area contributed by atoms with E-state index in [1.165, 1.54) is 32.1 Å². The van der Waals surface area contributed by atoms with Gasteiger partial charge in [0.1, 0.15) is 0 Å². The Hall–Kier alpha value is -3.55. The first-order valence-electron chi connectivity index (χ1n) is 12.3. The summed E-state index contributed by atoms with van der Waals surface area (Å²) in [5.74, 6) is 1.23. The lowest BCUT2D eigenvalue weighted by molar-refractivity contribution is 0.315. The van der Waals surface area contributed by atoms with Crippen LogP contribution in [0.1, 0.15) is 56.7 Å². The van der Waals surface area contributed by atoms with Crippen molar-refractivity contribution >= 4 is 0 Å². The Morgan fingerprint density at radius 1 is 1.06 bits per heavy atom. The van der Waals surface area contributed by atoms with Crippen LogP contribution in [0.15, 0.2) is 53.6 Å². The third kappa shape index (κ3) is 4.71. The molecule has 1 N–H and O–H groups in total. The van der Waals surface area contributed by atoms with Crippen molar-refractivity contribution in [2.24, 2.45) is 5.92 Å². The average Bonchev–Trinajstić information content (AvgIpc) is 3.51. The first-order chi connectivity index (χ1) is 16.7. The summed E-state index contributed by atoms with van der Waals surface area (Å²) in [7, 11) is 0. The van der Waals surface area contributed by atoms with Gasteiger partial charge in [0.2, 0.25) is 0 Å². The summed E-state index contributed by atoms with van der Waals surface area (Å²) in [6, 6.07) is 12.0. The van der Waals surface area contributed by atoms with E-state index in [1.54, 1.807) is 0 Å². The van der Waals surface area contributed by atoms with Crippen LogP contribution in [-0.2, 0) is 19.5 Å². The normalized spacial score (nSPS) is 14.5. The van der Waals surface area contributed by atoms with Crippen molar-refractivity contribution in [3.63, 3.8) is 0 Å². The fourth-order valence-corrected chi connectivity index (χ4v) is 5.03. The zero-order valence-electron chi connectivity index (χ0n) is 19.7. The molecule has 0 spiro atoms. The van der Waals surface area contributed by atoms with Crippen LogP contribution in [0.3, 0.4) is 0 Å². The van der Waals surface area contributed by atoms with Gasteiger partial charge in [-0.25, -0.2) is 9.89 Å². The molecule has 3 aromatic heterocycles. The van der Waals surface area contributed by atoms with E-state index in [2.05, 4.69) is 39.8 Å². The van der Waals surface area contributed by atoms with E-state index in [0.29, 0.717) is 18.3 Å². The van der Waals surface area contributed by atoms with Crippen molar-refractivity contribution in [3.8, 4) is 22.6 Å². The van der Waals surface area contributed by atoms with Crippen LogP contribution in [0.5, 0.6) is 0 Å². The van der Waals surface area contributed by atoms with Crippen molar-refractivity contribution in [1.82, 2.24) is 34.7 Å². The number of H-pyrrole nitrogens is 1. The number of pyridine rings is 1. The molecule has 1 aliphatic carbocycles.